The van der Waals surface area contributed by atoms with Crippen molar-refractivity contribution in [1.29, 1.82) is 0 Å². The molecular formula is C11H14N2O4. The van der Waals surface area contributed by atoms with Crippen LogP contribution in [0.25, 0.3) is 0 Å². The number of urea groups is 1. The summed E-state index contributed by atoms with van der Waals surface area (Å²) < 4.78 is 0. The number of aliphatic hydroxyl groups excluding tert-OH is 1. The lowest BCUT2D eigenvalue weighted by atomic mass is 10.2. The second-order valence-corrected chi connectivity index (χ2v) is 3.56. The molecule has 0 aromatic heterocycles. The minimum Gasteiger partial charge on any atom is -0.479 e. The van der Waals surface area contributed by atoms with Gasteiger partial charge in [-0.2, -0.15) is 0 Å². The summed E-state index contributed by atoms with van der Waals surface area (Å²) in [5, 5.41) is 22.1. The molecule has 2 amide bonds. The van der Waals surface area contributed by atoms with Crippen molar-refractivity contribution < 1.29 is 19.8 Å². The van der Waals surface area contributed by atoms with Crippen molar-refractivity contribution in [1.82, 2.24) is 5.32 Å². The van der Waals surface area contributed by atoms with Crippen LogP contribution in [0, 0.1) is 6.92 Å². The number of amides is 2. The molecule has 0 fully saturated rings. The zero-order chi connectivity index (χ0) is 12.8. The molecule has 0 saturated heterocycles. The Balaban J connectivity index is 2.39. The lowest BCUT2D eigenvalue weighted by Gasteiger charge is -2.09. The normalized spacial score (nSPS) is 11.6. The third-order valence-corrected chi connectivity index (χ3v) is 2.05. The maximum atomic E-state index is 11.3. The molecular weight excluding hydrogens is 224 g/mol. The predicted molar refractivity (Wildman–Crippen MR) is 61.8 cm³/mol. The summed E-state index contributed by atoms with van der Waals surface area (Å²) in [5.74, 6) is -1.37. The van der Waals surface area contributed by atoms with Gasteiger partial charge in [-0.3, -0.25) is 0 Å². The lowest BCUT2D eigenvalue weighted by molar-refractivity contribution is -0.146. The number of carbonyl (C=O) groups is 2. The number of carbonyl (C=O) groups excluding carboxylic acids is 1. The lowest BCUT2D eigenvalue weighted by Crippen LogP contribution is -2.38. The minimum atomic E-state index is -1.60. The summed E-state index contributed by atoms with van der Waals surface area (Å²) in [6.07, 6.45) is -1.60. The molecule has 92 valence electrons. The van der Waals surface area contributed by atoms with E-state index in [0.717, 1.165) is 5.56 Å². The second-order valence-electron chi connectivity index (χ2n) is 3.56. The van der Waals surface area contributed by atoms with Gasteiger partial charge in [-0.25, -0.2) is 9.59 Å². The van der Waals surface area contributed by atoms with Gasteiger partial charge in [0.25, 0.3) is 0 Å². The number of anilines is 1. The van der Waals surface area contributed by atoms with Crippen LogP contribution >= 0.6 is 0 Å². The monoisotopic (exact) mass is 238 g/mol. The molecule has 1 aromatic rings. The Labute approximate surface area is 98.3 Å². The van der Waals surface area contributed by atoms with Crippen LogP contribution in [0.15, 0.2) is 24.3 Å². The van der Waals surface area contributed by atoms with Gasteiger partial charge in [0, 0.05) is 5.69 Å². The zero-order valence-electron chi connectivity index (χ0n) is 9.30. The van der Waals surface area contributed by atoms with E-state index in [1.54, 1.807) is 12.1 Å². The molecule has 0 aliphatic heterocycles. The van der Waals surface area contributed by atoms with Crippen molar-refractivity contribution in [2.45, 2.75) is 13.0 Å². The van der Waals surface area contributed by atoms with E-state index >= 15 is 0 Å². The van der Waals surface area contributed by atoms with E-state index < -0.39 is 18.1 Å². The van der Waals surface area contributed by atoms with Crippen LogP contribution in [-0.4, -0.2) is 34.9 Å². The van der Waals surface area contributed by atoms with Gasteiger partial charge in [-0.1, -0.05) is 17.7 Å². The Morgan fingerprint density at radius 2 is 1.88 bits per heavy atom. The molecule has 1 unspecified atom stereocenters. The number of hydrogen-bond acceptors (Lipinski definition) is 3. The van der Waals surface area contributed by atoms with Gasteiger partial charge in [0.1, 0.15) is 0 Å². The van der Waals surface area contributed by atoms with Gasteiger partial charge < -0.3 is 20.8 Å². The van der Waals surface area contributed by atoms with Crippen LogP contribution in [0.1, 0.15) is 5.56 Å². The molecule has 1 aromatic carbocycles. The third kappa shape index (κ3) is 4.52. The van der Waals surface area contributed by atoms with Crippen molar-refractivity contribution in [3.8, 4) is 0 Å². The first-order chi connectivity index (χ1) is 7.99. The largest absolute Gasteiger partial charge is 0.479 e. The van der Waals surface area contributed by atoms with Gasteiger partial charge in [0.05, 0.1) is 6.54 Å². The second kappa shape index (κ2) is 5.86. The summed E-state index contributed by atoms with van der Waals surface area (Å²) >= 11 is 0. The third-order valence-electron chi connectivity index (χ3n) is 2.05. The highest BCUT2D eigenvalue weighted by Gasteiger charge is 2.13. The average Bonchev–Trinajstić information content (AvgIpc) is 2.29. The van der Waals surface area contributed by atoms with E-state index in [0.29, 0.717) is 5.69 Å². The summed E-state index contributed by atoms with van der Waals surface area (Å²) in [6.45, 7) is 1.58. The summed E-state index contributed by atoms with van der Waals surface area (Å²) in [4.78, 5) is 21.6. The number of nitrogens with one attached hydrogen (secondary N) is 2. The van der Waals surface area contributed by atoms with Crippen molar-refractivity contribution in [2.24, 2.45) is 0 Å². The van der Waals surface area contributed by atoms with Crippen LogP contribution in [-0.2, 0) is 4.79 Å². The first-order valence-electron chi connectivity index (χ1n) is 5.01. The quantitative estimate of drug-likeness (QED) is 0.616. The van der Waals surface area contributed by atoms with Crippen LogP contribution in [0.4, 0.5) is 10.5 Å². The molecule has 6 heteroatoms. The Kier molecular flexibility index (Phi) is 4.47. The Morgan fingerprint density at radius 3 is 2.41 bits per heavy atom. The molecule has 17 heavy (non-hydrogen) atoms. The number of aliphatic carboxylic acids is 1. The van der Waals surface area contributed by atoms with Crippen molar-refractivity contribution in [3.05, 3.63) is 29.8 Å². The van der Waals surface area contributed by atoms with Crippen molar-refractivity contribution in [2.75, 3.05) is 11.9 Å². The number of carboxylic acids is 1. The Bertz CT molecular complexity index is 402. The number of hydrogen-bond donors (Lipinski definition) is 4. The van der Waals surface area contributed by atoms with Crippen LogP contribution < -0.4 is 10.6 Å². The maximum absolute atomic E-state index is 11.3. The first-order valence-corrected chi connectivity index (χ1v) is 5.01. The molecule has 0 bridgehead atoms. The first kappa shape index (κ1) is 13.0. The van der Waals surface area contributed by atoms with Crippen molar-refractivity contribution >= 4 is 17.7 Å². The van der Waals surface area contributed by atoms with Gasteiger partial charge in [-0.15, -0.1) is 0 Å². The standard InChI is InChI=1S/C11H14N2O4/c1-7-2-4-8(5-3-7)13-11(17)12-6-9(14)10(15)16/h2-5,9,14H,6H2,1H3,(H,15,16)(H2,12,13,17). The molecule has 0 radical (unpaired) electrons. The molecule has 1 rings (SSSR count). The summed E-state index contributed by atoms with van der Waals surface area (Å²) in [5.41, 5.74) is 1.66. The number of carboxylic acid groups (broad SMARTS) is 1. The highest BCUT2D eigenvalue weighted by atomic mass is 16.4. The van der Waals surface area contributed by atoms with Crippen LogP contribution in [0.2, 0.25) is 0 Å². The van der Waals surface area contributed by atoms with Crippen LogP contribution in [0.3, 0.4) is 0 Å². The smallest absolute Gasteiger partial charge is 0.334 e. The summed E-state index contributed by atoms with van der Waals surface area (Å²) in [7, 11) is 0. The number of rotatable bonds is 4. The fourth-order valence-corrected chi connectivity index (χ4v) is 1.09. The SMILES string of the molecule is Cc1ccc(NC(=O)NCC(O)C(=O)O)cc1. The molecule has 0 saturated carbocycles. The van der Waals surface area contributed by atoms with E-state index in [-0.39, 0.29) is 6.54 Å². The maximum Gasteiger partial charge on any atom is 0.334 e. The fourth-order valence-electron chi connectivity index (χ4n) is 1.09. The molecule has 0 spiro atoms. The van der Waals surface area contributed by atoms with Gasteiger partial charge in [-0.05, 0) is 19.1 Å². The molecule has 4 N–H and O–H groups in total. The molecule has 6 nitrogen and oxygen atoms in total. The van der Waals surface area contributed by atoms with Crippen molar-refractivity contribution in [3.63, 3.8) is 0 Å². The fraction of sp³-hybridized carbons (Fsp3) is 0.273. The summed E-state index contributed by atoms with van der Waals surface area (Å²) in [6, 6.07) is 6.56. The van der Waals surface area contributed by atoms with Gasteiger partial charge in [0.2, 0.25) is 0 Å². The van der Waals surface area contributed by atoms with E-state index in [1.807, 2.05) is 19.1 Å². The predicted octanol–water partition coefficient (Wildman–Crippen LogP) is 0.562. The van der Waals surface area contributed by atoms with E-state index in [1.165, 1.54) is 0 Å². The average molecular weight is 238 g/mol. The highest BCUT2D eigenvalue weighted by Crippen LogP contribution is 2.07. The molecule has 1 atom stereocenters. The Morgan fingerprint density at radius 1 is 1.29 bits per heavy atom. The molecule has 0 aliphatic carbocycles. The number of aliphatic hydroxyl groups is 1. The highest BCUT2D eigenvalue weighted by molar-refractivity contribution is 5.89. The minimum absolute atomic E-state index is 0.340. The number of benzene rings is 1. The van der Waals surface area contributed by atoms with E-state index in [9.17, 15) is 9.59 Å². The van der Waals surface area contributed by atoms with Gasteiger partial charge >= 0.3 is 12.0 Å². The Hall–Kier alpha value is -2.08. The van der Waals surface area contributed by atoms with Crippen LogP contribution in [0.5, 0.6) is 0 Å². The molecule has 0 heterocycles. The number of aryl methyl sites for hydroxylation is 1. The molecule has 0 aliphatic rings. The van der Waals surface area contributed by atoms with E-state index in [4.69, 9.17) is 10.2 Å². The van der Waals surface area contributed by atoms with Gasteiger partial charge in [0.15, 0.2) is 6.10 Å². The zero-order valence-corrected chi connectivity index (χ0v) is 9.30. The topological polar surface area (TPSA) is 98.7 Å². The van der Waals surface area contributed by atoms with E-state index in [2.05, 4.69) is 10.6 Å².